The Kier molecular flexibility index (Phi) is 4.32. The third-order valence-electron chi connectivity index (χ3n) is 3.26. The van der Waals surface area contributed by atoms with Crippen molar-refractivity contribution < 1.29 is 9.53 Å². The van der Waals surface area contributed by atoms with Crippen LogP contribution in [-0.4, -0.2) is 39.7 Å². The topological polar surface area (TPSA) is 105 Å². The van der Waals surface area contributed by atoms with E-state index in [2.05, 4.69) is 30.8 Å². The van der Waals surface area contributed by atoms with E-state index in [-0.39, 0.29) is 12.5 Å². The van der Waals surface area contributed by atoms with Gasteiger partial charge in [-0.1, -0.05) is 12.1 Å². The van der Waals surface area contributed by atoms with Gasteiger partial charge in [-0.3, -0.25) is 9.89 Å². The van der Waals surface area contributed by atoms with Crippen LogP contribution in [0.4, 0.5) is 5.82 Å². The Morgan fingerprint density at radius 2 is 2.26 bits per heavy atom. The molecular formula is C15H16N6O2. The minimum Gasteiger partial charge on any atom is -0.484 e. The molecule has 118 valence electrons. The lowest BCUT2D eigenvalue weighted by Crippen LogP contribution is -2.24. The first kappa shape index (κ1) is 14.8. The molecule has 2 aromatic heterocycles. The number of carbonyl (C=O) groups is 1. The van der Waals surface area contributed by atoms with Crippen LogP contribution in [-0.2, 0) is 11.3 Å². The van der Waals surface area contributed by atoms with Crippen LogP contribution < -0.4 is 15.4 Å². The normalized spacial score (nSPS) is 10.5. The summed E-state index contributed by atoms with van der Waals surface area (Å²) in [6, 6.07) is 7.53. The second-order valence-electron chi connectivity index (χ2n) is 4.82. The van der Waals surface area contributed by atoms with Crippen LogP contribution in [0.3, 0.4) is 0 Å². The summed E-state index contributed by atoms with van der Waals surface area (Å²) in [6.07, 6.45) is 3.16. The molecule has 0 saturated carbocycles. The van der Waals surface area contributed by atoms with E-state index >= 15 is 0 Å². The van der Waals surface area contributed by atoms with Crippen LogP contribution in [0.1, 0.15) is 5.56 Å². The number of ether oxygens (including phenoxy) is 1. The van der Waals surface area contributed by atoms with E-state index in [1.807, 2.05) is 24.3 Å². The van der Waals surface area contributed by atoms with Crippen molar-refractivity contribution >= 4 is 22.8 Å². The molecule has 0 unspecified atom stereocenters. The first-order valence-electron chi connectivity index (χ1n) is 7.06. The number of likely N-dealkylation sites (N-methyl/N-ethyl adjacent to an activating group) is 1. The third-order valence-corrected chi connectivity index (χ3v) is 3.26. The minimum absolute atomic E-state index is 0.00503. The fourth-order valence-electron chi connectivity index (χ4n) is 2.06. The third kappa shape index (κ3) is 3.54. The van der Waals surface area contributed by atoms with Gasteiger partial charge in [0.05, 0.1) is 11.6 Å². The fraction of sp³-hybridized carbons (Fsp3) is 0.200. The molecule has 3 N–H and O–H groups in total. The SMILES string of the molecule is CNC(=O)COc1cccc(CNc2ncnc3[nH]ncc23)c1. The average molecular weight is 312 g/mol. The Labute approximate surface area is 132 Å². The van der Waals surface area contributed by atoms with Crippen molar-refractivity contribution in [2.75, 3.05) is 19.0 Å². The molecule has 0 fully saturated rings. The lowest BCUT2D eigenvalue weighted by molar-refractivity contribution is -0.122. The Morgan fingerprint density at radius 3 is 3.13 bits per heavy atom. The summed E-state index contributed by atoms with van der Waals surface area (Å²) in [5.41, 5.74) is 1.69. The van der Waals surface area contributed by atoms with Crippen molar-refractivity contribution in [1.29, 1.82) is 0 Å². The van der Waals surface area contributed by atoms with E-state index in [0.29, 0.717) is 23.8 Å². The highest BCUT2D eigenvalue weighted by molar-refractivity contribution is 5.85. The van der Waals surface area contributed by atoms with Crippen molar-refractivity contribution in [2.24, 2.45) is 0 Å². The molecule has 0 aliphatic carbocycles. The Hall–Kier alpha value is -3.16. The Balaban J connectivity index is 1.66. The number of aromatic amines is 1. The molecule has 8 nitrogen and oxygen atoms in total. The van der Waals surface area contributed by atoms with E-state index in [1.165, 1.54) is 6.33 Å². The number of amides is 1. The maximum absolute atomic E-state index is 11.2. The van der Waals surface area contributed by atoms with Crippen LogP contribution >= 0.6 is 0 Å². The van der Waals surface area contributed by atoms with E-state index in [1.54, 1.807) is 13.2 Å². The van der Waals surface area contributed by atoms with Crippen molar-refractivity contribution in [3.8, 4) is 5.75 Å². The molecular weight excluding hydrogens is 296 g/mol. The summed E-state index contributed by atoms with van der Waals surface area (Å²) in [5, 5.41) is 13.3. The van der Waals surface area contributed by atoms with Gasteiger partial charge in [0.2, 0.25) is 0 Å². The maximum Gasteiger partial charge on any atom is 0.257 e. The number of nitrogens with one attached hydrogen (secondary N) is 3. The molecule has 0 aliphatic rings. The van der Waals surface area contributed by atoms with Gasteiger partial charge in [-0.15, -0.1) is 0 Å². The van der Waals surface area contributed by atoms with Crippen LogP contribution in [0.15, 0.2) is 36.8 Å². The van der Waals surface area contributed by atoms with Gasteiger partial charge in [-0.2, -0.15) is 5.10 Å². The molecule has 0 spiro atoms. The Bertz CT molecular complexity index is 816. The van der Waals surface area contributed by atoms with Crippen molar-refractivity contribution in [3.05, 3.63) is 42.4 Å². The van der Waals surface area contributed by atoms with E-state index in [0.717, 1.165) is 10.9 Å². The van der Waals surface area contributed by atoms with Crippen LogP contribution in [0.25, 0.3) is 11.0 Å². The number of benzene rings is 1. The number of aromatic nitrogens is 4. The molecule has 3 rings (SSSR count). The second-order valence-corrected chi connectivity index (χ2v) is 4.82. The van der Waals surface area contributed by atoms with Gasteiger partial charge >= 0.3 is 0 Å². The quantitative estimate of drug-likeness (QED) is 0.629. The summed E-state index contributed by atoms with van der Waals surface area (Å²) in [6.45, 7) is 0.559. The van der Waals surface area contributed by atoms with Crippen LogP contribution in [0, 0.1) is 0 Å². The zero-order chi connectivity index (χ0) is 16.1. The maximum atomic E-state index is 11.2. The predicted octanol–water partition coefficient (Wildman–Crippen LogP) is 1.09. The molecule has 2 heterocycles. The van der Waals surface area contributed by atoms with Gasteiger partial charge in [-0.05, 0) is 17.7 Å². The number of hydrogen-bond acceptors (Lipinski definition) is 6. The largest absolute Gasteiger partial charge is 0.484 e. The zero-order valence-corrected chi connectivity index (χ0v) is 12.5. The zero-order valence-electron chi connectivity index (χ0n) is 12.5. The van der Waals surface area contributed by atoms with E-state index in [4.69, 9.17) is 4.74 Å². The van der Waals surface area contributed by atoms with Gasteiger partial charge < -0.3 is 15.4 Å². The highest BCUT2D eigenvalue weighted by atomic mass is 16.5. The van der Waals surface area contributed by atoms with Crippen LogP contribution in [0.5, 0.6) is 5.75 Å². The van der Waals surface area contributed by atoms with E-state index < -0.39 is 0 Å². The lowest BCUT2D eigenvalue weighted by Gasteiger charge is -2.09. The molecule has 8 heteroatoms. The number of hydrogen-bond donors (Lipinski definition) is 3. The molecule has 3 aromatic rings. The summed E-state index contributed by atoms with van der Waals surface area (Å²) in [4.78, 5) is 19.5. The number of carbonyl (C=O) groups excluding carboxylic acids is 1. The first-order valence-corrected chi connectivity index (χ1v) is 7.06. The molecule has 0 saturated heterocycles. The minimum atomic E-state index is -0.170. The number of fused-ring (bicyclic) bond motifs is 1. The van der Waals surface area contributed by atoms with Gasteiger partial charge in [0, 0.05) is 13.6 Å². The molecule has 0 aliphatic heterocycles. The first-order chi connectivity index (χ1) is 11.3. The molecule has 23 heavy (non-hydrogen) atoms. The molecule has 1 amide bonds. The number of rotatable bonds is 6. The number of H-pyrrole nitrogens is 1. The fourth-order valence-corrected chi connectivity index (χ4v) is 2.06. The van der Waals surface area contributed by atoms with Crippen molar-refractivity contribution in [2.45, 2.75) is 6.54 Å². The standard InChI is InChI=1S/C15H16N6O2/c1-16-13(22)8-23-11-4-2-3-10(5-11)6-17-14-12-7-20-21-15(12)19-9-18-14/h2-5,7,9H,6,8H2,1H3,(H,16,22)(H2,17,18,19,20,21). The highest BCUT2D eigenvalue weighted by Crippen LogP contribution is 2.18. The highest BCUT2D eigenvalue weighted by Gasteiger charge is 2.05. The van der Waals surface area contributed by atoms with E-state index in [9.17, 15) is 4.79 Å². The van der Waals surface area contributed by atoms with Gasteiger partial charge in [0.25, 0.3) is 5.91 Å². The lowest BCUT2D eigenvalue weighted by atomic mass is 10.2. The second kappa shape index (κ2) is 6.73. The van der Waals surface area contributed by atoms with Crippen LogP contribution in [0.2, 0.25) is 0 Å². The Morgan fingerprint density at radius 1 is 1.35 bits per heavy atom. The van der Waals surface area contributed by atoms with Gasteiger partial charge in [-0.25, -0.2) is 9.97 Å². The van der Waals surface area contributed by atoms with Gasteiger partial charge in [0.15, 0.2) is 12.3 Å². The molecule has 0 radical (unpaired) electrons. The summed E-state index contributed by atoms with van der Waals surface area (Å²) >= 11 is 0. The van der Waals surface area contributed by atoms with Crippen molar-refractivity contribution in [3.63, 3.8) is 0 Å². The smallest absolute Gasteiger partial charge is 0.257 e. The van der Waals surface area contributed by atoms with Gasteiger partial charge in [0.1, 0.15) is 17.9 Å². The average Bonchev–Trinajstić information content (AvgIpc) is 3.07. The number of anilines is 1. The van der Waals surface area contributed by atoms with Crippen molar-refractivity contribution in [1.82, 2.24) is 25.5 Å². The molecule has 0 bridgehead atoms. The monoisotopic (exact) mass is 312 g/mol. The summed E-state index contributed by atoms with van der Waals surface area (Å²) < 4.78 is 5.43. The molecule has 1 aromatic carbocycles. The number of nitrogens with zero attached hydrogens (tertiary/aromatic N) is 3. The molecule has 0 atom stereocenters. The summed E-state index contributed by atoms with van der Waals surface area (Å²) in [7, 11) is 1.57. The predicted molar refractivity (Wildman–Crippen MR) is 85.0 cm³/mol. The summed E-state index contributed by atoms with van der Waals surface area (Å²) in [5.74, 6) is 1.18.